The Labute approximate surface area is 80.7 Å². The molecule has 0 saturated heterocycles. The van der Waals surface area contributed by atoms with Crippen molar-refractivity contribution in [1.82, 2.24) is 4.98 Å². The topological polar surface area (TPSA) is 49.9 Å². The van der Waals surface area contributed by atoms with Crippen molar-refractivity contribution in [3.63, 3.8) is 0 Å². The summed E-state index contributed by atoms with van der Waals surface area (Å²) in [4.78, 5) is 24.7. The first kappa shape index (κ1) is 8.69. The third-order valence-electron chi connectivity index (χ3n) is 2.19. The average molecular weight is 187 g/mol. The number of Topliss-reactive ketones (excluding diaryl/α,β-unsaturated/α-hetero) is 1. The Balaban J connectivity index is 2.76. The average Bonchev–Trinajstić information content (AvgIpc) is 2.60. The number of nitrogens with one attached hydrogen (secondary N) is 1. The van der Waals surface area contributed by atoms with E-state index in [4.69, 9.17) is 0 Å². The first-order valence-corrected chi connectivity index (χ1v) is 4.30. The maximum atomic E-state index is 11.1. The van der Waals surface area contributed by atoms with Crippen LogP contribution in [0.4, 0.5) is 0 Å². The van der Waals surface area contributed by atoms with E-state index in [0.717, 1.165) is 17.2 Å². The van der Waals surface area contributed by atoms with Crippen molar-refractivity contribution >= 4 is 23.0 Å². The molecule has 0 fully saturated rings. The molecule has 1 aromatic carbocycles. The molecule has 70 valence electrons. The first-order valence-electron chi connectivity index (χ1n) is 4.30. The Morgan fingerprint density at radius 1 is 1.43 bits per heavy atom. The van der Waals surface area contributed by atoms with Crippen molar-refractivity contribution < 1.29 is 9.59 Å². The van der Waals surface area contributed by atoms with Gasteiger partial charge in [0.2, 0.25) is 0 Å². The second kappa shape index (κ2) is 3.10. The molecule has 2 rings (SSSR count). The molecule has 3 heteroatoms. The zero-order valence-electron chi connectivity index (χ0n) is 7.70. The maximum absolute atomic E-state index is 11.1. The van der Waals surface area contributed by atoms with Gasteiger partial charge in [0.25, 0.3) is 0 Å². The summed E-state index contributed by atoms with van der Waals surface area (Å²) in [6.45, 7) is 1.49. The fourth-order valence-electron chi connectivity index (χ4n) is 1.47. The van der Waals surface area contributed by atoms with E-state index in [2.05, 4.69) is 4.98 Å². The Bertz CT molecular complexity index is 511. The lowest BCUT2D eigenvalue weighted by atomic mass is 10.1. The minimum Gasteiger partial charge on any atom is -0.352 e. The number of carbonyl (C=O) groups is 2. The summed E-state index contributed by atoms with van der Waals surface area (Å²) >= 11 is 0. The van der Waals surface area contributed by atoms with Crippen LogP contribution in [0, 0.1) is 0 Å². The molecule has 3 nitrogen and oxygen atoms in total. The summed E-state index contributed by atoms with van der Waals surface area (Å²) < 4.78 is 0. The van der Waals surface area contributed by atoms with E-state index in [0.29, 0.717) is 11.3 Å². The van der Waals surface area contributed by atoms with Crippen molar-refractivity contribution in [2.45, 2.75) is 6.92 Å². The van der Waals surface area contributed by atoms with E-state index in [-0.39, 0.29) is 5.78 Å². The second-order valence-electron chi connectivity index (χ2n) is 3.17. The van der Waals surface area contributed by atoms with Crippen LogP contribution in [0.3, 0.4) is 0 Å². The molecule has 1 N–H and O–H groups in total. The number of aromatic nitrogens is 1. The molecule has 2 aromatic rings. The predicted octanol–water partition coefficient (Wildman–Crippen LogP) is 2.18. The van der Waals surface area contributed by atoms with E-state index >= 15 is 0 Å². The summed E-state index contributed by atoms with van der Waals surface area (Å²) in [5.74, 6) is -0.0296. The van der Waals surface area contributed by atoms with Crippen LogP contribution in [0.15, 0.2) is 24.3 Å². The lowest BCUT2D eigenvalue weighted by molar-refractivity contribution is 0.101. The van der Waals surface area contributed by atoms with E-state index in [1.54, 1.807) is 18.2 Å². The molecule has 0 aliphatic heterocycles. The standard InChI is InChI=1S/C11H9NO2/c1-7(14)10-5-8-3-2-4-9(6-13)11(8)12-10/h2-6,12H,1H3. The number of hydrogen-bond donors (Lipinski definition) is 1. The number of rotatable bonds is 2. The molecule has 0 spiro atoms. The third-order valence-corrected chi connectivity index (χ3v) is 2.19. The second-order valence-corrected chi connectivity index (χ2v) is 3.17. The smallest absolute Gasteiger partial charge is 0.175 e. The normalized spacial score (nSPS) is 10.4. The van der Waals surface area contributed by atoms with Gasteiger partial charge in [0.1, 0.15) is 0 Å². The Morgan fingerprint density at radius 2 is 2.21 bits per heavy atom. The summed E-state index contributed by atoms with van der Waals surface area (Å²) in [5, 5.41) is 0.889. The van der Waals surface area contributed by atoms with Gasteiger partial charge >= 0.3 is 0 Å². The highest BCUT2D eigenvalue weighted by Gasteiger charge is 2.06. The van der Waals surface area contributed by atoms with Crippen molar-refractivity contribution in [2.75, 3.05) is 0 Å². The van der Waals surface area contributed by atoms with Gasteiger partial charge in [-0.15, -0.1) is 0 Å². The quantitative estimate of drug-likeness (QED) is 0.578. The number of benzene rings is 1. The highest BCUT2D eigenvalue weighted by atomic mass is 16.1. The number of carbonyl (C=O) groups excluding carboxylic acids is 2. The van der Waals surface area contributed by atoms with Gasteiger partial charge < -0.3 is 4.98 Å². The zero-order valence-corrected chi connectivity index (χ0v) is 7.70. The zero-order chi connectivity index (χ0) is 10.1. The van der Waals surface area contributed by atoms with Gasteiger partial charge in [0.05, 0.1) is 11.2 Å². The van der Waals surface area contributed by atoms with Gasteiger partial charge in [0, 0.05) is 17.9 Å². The van der Waals surface area contributed by atoms with Crippen molar-refractivity contribution in [2.24, 2.45) is 0 Å². The third kappa shape index (κ3) is 1.23. The van der Waals surface area contributed by atoms with E-state index in [1.165, 1.54) is 6.92 Å². The summed E-state index contributed by atoms with van der Waals surface area (Å²) in [6.07, 6.45) is 0.781. The van der Waals surface area contributed by atoms with Crippen LogP contribution in [0.5, 0.6) is 0 Å². The summed E-state index contributed by atoms with van der Waals surface area (Å²) in [5.41, 5.74) is 1.84. The Hall–Kier alpha value is -1.90. The summed E-state index contributed by atoms with van der Waals surface area (Å²) in [7, 11) is 0. The van der Waals surface area contributed by atoms with Crippen molar-refractivity contribution in [3.05, 3.63) is 35.5 Å². The number of aromatic amines is 1. The fourth-order valence-corrected chi connectivity index (χ4v) is 1.47. The van der Waals surface area contributed by atoms with Crippen LogP contribution in [-0.2, 0) is 0 Å². The maximum Gasteiger partial charge on any atom is 0.175 e. The number of hydrogen-bond acceptors (Lipinski definition) is 2. The molecular formula is C11H9NO2. The van der Waals surface area contributed by atoms with Crippen LogP contribution in [-0.4, -0.2) is 17.1 Å². The van der Waals surface area contributed by atoms with Crippen LogP contribution < -0.4 is 0 Å². The number of aldehydes is 1. The van der Waals surface area contributed by atoms with Gasteiger partial charge in [-0.05, 0) is 12.1 Å². The first-order chi connectivity index (χ1) is 6.72. The van der Waals surface area contributed by atoms with Gasteiger partial charge in [0.15, 0.2) is 12.1 Å². The minimum absolute atomic E-state index is 0.0296. The molecule has 0 aliphatic carbocycles. The Morgan fingerprint density at radius 3 is 2.86 bits per heavy atom. The molecule has 0 aliphatic rings. The van der Waals surface area contributed by atoms with Crippen LogP contribution in [0.25, 0.3) is 10.9 Å². The number of para-hydroxylation sites is 1. The lowest BCUT2D eigenvalue weighted by Gasteiger charge is -1.92. The molecule has 0 saturated carbocycles. The van der Waals surface area contributed by atoms with Gasteiger partial charge in [-0.2, -0.15) is 0 Å². The van der Waals surface area contributed by atoms with Crippen LogP contribution >= 0.6 is 0 Å². The molecule has 0 radical (unpaired) electrons. The number of ketones is 1. The van der Waals surface area contributed by atoms with E-state index < -0.39 is 0 Å². The highest BCUT2D eigenvalue weighted by molar-refractivity contribution is 6.02. The molecule has 14 heavy (non-hydrogen) atoms. The predicted molar refractivity (Wildman–Crippen MR) is 53.7 cm³/mol. The number of fused-ring (bicyclic) bond motifs is 1. The van der Waals surface area contributed by atoms with Gasteiger partial charge in [-0.25, -0.2) is 0 Å². The largest absolute Gasteiger partial charge is 0.352 e. The van der Waals surface area contributed by atoms with Crippen LogP contribution in [0.1, 0.15) is 27.8 Å². The fraction of sp³-hybridized carbons (Fsp3) is 0.0909. The molecular weight excluding hydrogens is 178 g/mol. The molecule has 0 bridgehead atoms. The molecule has 0 unspecified atom stereocenters. The van der Waals surface area contributed by atoms with Crippen molar-refractivity contribution in [3.8, 4) is 0 Å². The van der Waals surface area contributed by atoms with E-state index in [9.17, 15) is 9.59 Å². The Kier molecular flexibility index (Phi) is 1.93. The molecule has 0 amide bonds. The summed E-state index contributed by atoms with van der Waals surface area (Å²) in [6, 6.07) is 7.13. The van der Waals surface area contributed by atoms with Gasteiger partial charge in [-0.3, -0.25) is 9.59 Å². The van der Waals surface area contributed by atoms with E-state index in [1.807, 2.05) is 6.07 Å². The van der Waals surface area contributed by atoms with Gasteiger partial charge in [-0.1, -0.05) is 12.1 Å². The van der Waals surface area contributed by atoms with Crippen molar-refractivity contribution in [1.29, 1.82) is 0 Å². The molecule has 1 heterocycles. The lowest BCUT2D eigenvalue weighted by Crippen LogP contribution is -1.90. The van der Waals surface area contributed by atoms with Crippen LogP contribution in [0.2, 0.25) is 0 Å². The monoisotopic (exact) mass is 187 g/mol. The highest BCUT2D eigenvalue weighted by Crippen LogP contribution is 2.18. The molecule has 0 atom stereocenters. The number of H-pyrrole nitrogens is 1. The molecule has 1 aromatic heterocycles. The minimum atomic E-state index is -0.0296. The SMILES string of the molecule is CC(=O)c1cc2cccc(C=O)c2[nH]1.